The quantitative estimate of drug-likeness (QED) is 0.757. The molecule has 0 aliphatic carbocycles. The molecular formula is C14H12N4O2. The summed E-state index contributed by atoms with van der Waals surface area (Å²) in [6.07, 6.45) is 5.02. The Morgan fingerprint density at radius 2 is 2.15 bits per heavy atom. The molecule has 2 N–H and O–H groups in total. The Labute approximate surface area is 114 Å². The molecule has 0 saturated heterocycles. The average molecular weight is 268 g/mol. The van der Waals surface area contributed by atoms with E-state index in [0.717, 1.165) is 11.2 Å². The van der Waals surface area contributed by atoms with Crippen LogP contribution in [0.25, 0.3) is 5.52 Å². The third kappa shape index (κ3) is 2.31. The van der Waals surface area contributed by atoms with E-state index < -0.39 is 5.97 Å². The number of aromatic nitrogens is 3. The van der Waals surface area contributed by atoms with Gasteiger partial charge in [0.05, 0.1) is 29.6 Å². The van der Waals surface area contributed by atoms with E-state index in [-0.39, 0.29) is 5.56 Å². The number of anilines is 1. The first-order valence-corrected chi connectivity index (χ1v) is 6.08. The number of imidazole rings is 1. The largest absolute Gasteiger partial charge is 0.478 e. The van der Waals surface area contributed by atoms with Gasteiger partial charge in [0.1, 0.15) is 5.82 Å². The molecule has 0 radical (unpaired) electrons. The fourth-order valence-corrected chi connectivity index (χ4v) is 1.93. The number of carboxylic acids is 1. The Hall–Kier alpha value is -2.89. The summed E-state index contributed by atoms with van der Waals surface area (Å²) in [6, 6.07) is 9.05. The van der Waals surface area contributed by atoms with E-state index in [1.54, 1.807) is 12.4 Å². The van der Waals surface area contributed by atoms with Crippen LogP contribution in [0.2, 0.25) is 0 Å². The first-order valence-electron chi connectivity index (χ1n) is 6.08. The van der Waals surface area contributed by atoms with Gasteiger partial charge in [-0.25, -0.2) is 14.8 Å². The van der Waals surface area contributed by atoms with E-state index in [9.17, 15) is 4.79 Å². The highest BCUT2D eigenvalue weighted by Gasteiger charge is 2.05. The molecule has 6 heteroatoms. The lowest BCUT2D eigenvalue weighted by Gasteiger charge is -2.04. The molecule has 0 atom stereocenters. The first kappa shape index (κ1) is 12.2. The van der Waals surface area contributed by atoms with Crippen LogP contribution in [0.4, 0.5) is 5.82 Å². The zero-order valence-corrected chi connectivity index (χ0v) is 10.5. The van der Waals surface area contributed by atoms with Crippen LogP contribution in [0, 0.1) is 0 Å². The third-order valence-corrected chi connectivity index (χ3v) is 2.97. The molecule has 3 aromatic rings. The molecule has 0 unspecified atom stereocenters. The molecule has 6 nitrogen and oxygen atoms in total. The predicted octanol–water partition coefficient (Wildman–Crippen LogP) is 2.04. The number of rotatable bonds is 4. The Bertz CT molecular complexity index is 749. The second-order valence-electron chi connectivity index (χ2n) is 4.28. The zero-order valence-electron chi connectivity index (χ0n) is 10.5. The normalized spacial score (nSPS) is 10.6. The molecule has 100 valence electrons. The molecular weight excluding hydrogens is 256 g/mol. The summed E-state index contributed by atoms with van der Waals surface area (Å²) in [5.41, 5.74) is 2.11. The Morgan fingerprint density at radius 1 is 1.25 bits per heavy atom. The maximum absolute atomic E-state index is 10.7. The van der Waals surface area contributed by atoms with Crippen LogP contribution >= 0.6 is 0 Å². The monoisotopic (exact) mass is 268 g/mol. The summed E-state index contributed by atoms with van der Waals surface area (Å²) in [5, 5.41) is 11.9. The van der Waals surface area contributed by atoms with Crippen LogP contribution in [0.1, 0.15) is 16.1 Å². The van der Waals surface area contributed by atoms with Crippen LogP contribution in [0.5, 0.6) is 0 Å². The van der Waals surface area contributed by atoms with Crippen molar-refractivity contribution in [1.82, 2.24) is 14.4 Å². The second kappa shape index (κ2) is 5.00. The number of nitrogens with one attached hydrogen (secondary N) is 1. The minimum absolute atomic E-state index is 0.169. The summed E-state index contributed by atoms with van der Waals surface area (Å²) in [4.78, 5) is 19.1. The lowest BCUT2D eigenvalue weighted by molar-refractivity contribution is 0.0696. The van der Waals surface area contributed by atoms with Crippen molar-refractivity contribution in [1.29, 1.82) is 0 Å². The van der Waals surface area contributed by atoms with E-state index in [4.69, 9.17) is 5.11 Å². The molecule has 0 spiro atoms. The smallest absolute Gasteiger partial charge is 0.337 e. The minimum Gasteiger partial charge on any atom is -0.478 e. The van der Waals surface area contributed by atoms with Crippen LogP contribution in [0.15, 0.2) is 49.1 Å². The van der Waals surface area contributed by atoms with Gasteiger partial charge in [-0.15, -0.1) is 0 Å². The molecule has 20 heavy (non-hydrogen) atoms. The van der Waals surface area contributed by atoms with E-state index in [0.29, 0.717) is 12.4 Å². The number of aromatic carboxylic acids is 1. The van der Waals surface area contributed by atoms with Crippen LogP contribution < -0.4 is 5.32 Å². The minimum atomic E-state index is -0.982. The van der Waals surface area contributed by atoms with Gasteiger partial charge >= 0.3 is 5.97 Å². The first-order chi connectivity index (χ1) is 9.74. The molecule has 0 aliphatic heterocycles. The standard InChI is InChI=1S/C14H12N4O2/c19-14(20)10-4-5-13(15-7-10)16-8-11-12-3-1-2-6-18(12)9-17-11/h1-7,9H,8H2,(H,15,16)(H,19,20). The Kier molecular flexibility index (Phi) is 3.04. The van der Waals surface area contributed by atoms with E-state index in [1.165, 1.54) is 12.3 Å². The van der Waals surface area contributed by atoms with E-state index >= 15 is 0 Å². The van der Waals surface area contributed by atoms with Crippen molar-refractivity contribution in [3.05, 3.63) is 60.3 Å². The summed E-state index contributed by atoms with van der Waals surface area (Å²) in [6.45, 7) is 0.528. The van der Waals surface area contributed by atoms with Gasteiger partial charge in [0.2, 0.25) is 0 Å². The van der Waals surface area contributed by atoms with Crippen LogP contribution in [-0.2, 0) is 6.54 Å². The summed E-state index contributed by atoms with van der Waals surface area (Å²) in [7, 11) is 0. The highest BCUT2D eigenvalue weighted by Crippen LogP contribution is 2.11. The number of nitrogens with zero attached hydrogens (tertiary/aromatic N) is 3. The summed E-state index contributed by atoms with van der Waals surface area (Å²) in [5.74, 6) is -0.365. The van der Waals surface area contributed by atoms with Gasteiger partial charge in [-0.1, -0.05) is 6.07 Å². The van der Waals surface area contributed by atoms with Gasteiger partial charge < -0.3 is 14.8 Å². The van der Waals surface area contributed by atoms with E-state index in [2.05, 4.69) is 15.3 Å². The van der Waals surface area contributed by atoms with Gasteiger partial charge in [-0.2, -0.15) is 0 Å². The van der Waals surface area contributed by atoms with Crippen molar-refractivity contribution in [3.8, 4) is 0 Å². The van der Waals surface area contributed by atoms with Crippen molar-refractivity contribution in [3.63, 3.8) is 0 Å². The number of carbonyl (C=O) groups is 1. The lowest BCUT2D eigenvalue weighted by atomic mass is 10.3. The van der Waals surface area contributed by atoms with Gasteiger partial charge in [0.15, 0.2) is 0 Å². The Morgan fingerprint density at radius 3 is 2.90 bits per heavy atom. The van der Waals surface area contributed by atoms with Crippen molar-refractivity contribution in [2.45, 2.75) is 6.54 Å². The SMILES string of the molecule is O=C(O)c1ccc(NCc2ncn3ccccc23)nc1. The number of fused-ring (bicyclic) bond motifs is 1. The topological polar surface area (TPSA) is 79.5 Å². The second-order valence-corrected chi connectivity index (χ2v) is 4.28. The van der Waals surface area contributed by atoms with Gasteiger partial charge in [-0.3, -0.25) is 0 Å². The fourth-order valence-electron chi connectivity index (χ4n) is 1.93. The van der Waals surface area contributed by atoms with Gasteiger partial charge in [-0.05, 0) is 24.3 Å². The van der Waals surface area contributed by atoms with E-state index in [1.807, 2.05) is 28.8 Å². The van der Waals surface area contributed by atoms with Crippen LogP contribution in [-0.4, -0.2) is 25.4 Å². The van der Waals surface area contributed by atoms with Crippen molar-refractivity contribution >= 4 is 17.3 Å². The molecule has 0 aromatic carbocycles. The maximum Gasteiger partial charge on any atom is 0.337 e. The molecule has 3 rings (SSSR count). The van der Waals surface area contributed by atoms with Crippen molar-refractivity contribution in [2.75, 3.05) is 5.32 Å². The molecule has 0 bridgehead atoms. The molecule has 0 aliphatic rings. The van der Waals surface area contributed by atoms with Gasteiger partial charge in [0.25, 0.3) is 0 Å². The summed E-state index contributed by atoms with van der Waals surface area (Å²) >= 11 is 0. The zero-order chi connectivity index (χ0) is 13.9. The number of carboxylic acid groups (broad SMARTS) is 1. The number of hydrogen-bond donors (Lipinski definition) is 2. The number of pyridine rings is 2. The predicted molar refractivity (Wildman–Crippen MR) is 73.7 cm³/mol. The Balaban J connectivity index is 1.74. The molecule has 3 heterocycles. The highest BCUT2D eigenvalue weighted by atomic mass is 16.4. The highest BCUT2D eigenvalue weighted by molar-refractivity contribution is 5.87. The fraction of sp³-hybridized carbons (Fsp3) is 0.0714. The molecule has 0 saturated carbocycles. The average Bonchev–Trinajstić information content (AvgIpc) is 2.89. The molecule has 0 fully saturated rings. The molecule has 0 amide bonds. The van der Waals surface area contributed by atoms with Crippen molar-refractivity contribution < 1.29 is 9.90 Å². The summed E-state index contributed by atoms with van der Waals surface area (Å²) < 4.78 is 1.94. The number of hydrogen-bond acceptors (Lipinski definition) is 4. The third-order valence-electron chi connectivity index (χ3n) is 2.97. The van der Waals surface area contributed by atoms with Crippen molar-refractivity contribution in [2.24, 2.45) is 0 Å². The van der Waals surface area contributed by atoms with Gasteiger partial charge in [0, 0.05) is 12.4 Å². The lowest BCUT2D eigenvalue weighted by Crippen LogP contribution is -2.03. The van der Waals surface area contributed by atoms with Crippen LogP contribution in [0.3, 0.4) is 0 Å². The molecule has 3 aromatic heterocycles. The maximum atomic E-state index is 10.7.